The minimum absolute atomic E-state index is 0.130. The van der Waals surface area contributed by atoms with Gasteiger partial charge in [0.1, 0.15) is 0 Å². The summed E-state index contributed by atoms with van der Waals surface area (Å²) in [6.07, 6.45) is 0. The van der Waals surface area contributed by atoms with Gasteiger partial charge in [0.2, 0.25) is 0 Å². The van der Waals surface area contributed by atoms with Crippen molar-refractivity contribution in [2.45, 2.75) is 19.3 Å². The number of anilines is 2. The molecule has 1 heterocycles. The molecule has 0 radical (unpaired) electrons. The van der Waals surface area contributed by atoms with Crippen LogP contribution in [0.5, 0.6) is 0 Å². The Labute approximate surface area is 247 Å². The van der Waals surface area contributed by atoms with Crippen LogP contribution >= 0.6 is 0 Å². The summed E-state index contributed by atoms with van der Waals surface area (Å²) in [5, 5.41) is 2.58. The maximum absolute atomic E-state index is 2.42. The number of fused-ring (bicyclic) bond motifs is 6. The summed E-state index contributed by atoms with van der Waals surface area (Å²) < 4.78 is 2.42. The van der Waals surface area contributed by atoms with Gasteiger partial charge in [0.15, 0.2) is 0 Å². The van der Waals surface area contributed by atoms with Crippen LogP contribution < -0.4 is 4.90 Å². The highest BCUT2D eigenvalue weighted by atomic mass is 15.1. The van der Waals surface area contributed by atoms with E-state index in [1.165, 1.54) is 72.2 Å². The Bertz CT molecular complexity index is 2080. The van der Waals surface area contributed by atoms with Crippen LogP contribution in [0.2, 0.25) is 0 Å². The zero-order valence-corrected chi connectivity index (χ0v) is 24.2. The van der Waals surface area contributed by atoms with E-state index in [2.05, 4.69) is 170 Å². The van der Waals surface area contributed by atoms with E-state index >= 15 is 0 Å². The quantitative estimate of drug-likeness (QED) is 0.216. The molecule has 0 spiro atoms. The first kappa shape index (κ1) is 24.7. The first-order valence-electron chi connectivity index (χ1n) is 14.7. The van der Waals surface area contributed by atoms with E-state index in [-0.39, 0.29) is 5.41 Å². The molecule has 0 aliphatic heterocycles. The standard InChI is InChI=1S/C40H32N2/c1-40(2)35-25-28(41(3)37-18-10-7-15-30(37)27-13-5-4-6-14-27)21-23-31(35)32-24-22-29(26-36(32)40)42-38-19-11-8-16-33(38)34-17-9-12-20-39(34)42/h4-26H,1-3H3. The van der Waals surface area contributed by atoms with Crippen LogP contribution in [0.1, 0.15) is 25.0 Å². The third kappa shape index (κ3) is 3.58. The molecule has 8 rings (SSSR count). The van der Waals surface area contributed by atoms with Gasteiger partial charge in [0.05, 0.1) is 11.0 Å². The van der Waals surface area contributed by atoms with Gasteiger partial charge in [-0.1, -0.05) is 111 Å². The molecule has 0 N–H and O–H groups in total. The van der Waals surface area contributed by atoms with E-state index in [1.54, 1.807) is 0 Å². The van der Waals surface area contributed by atoms with Crippen molar-refractivity contribution in [2.24, 2.45) is 0 Å². The number of rotatable bonds is 4. The molecule has 0 amide bonds. The van der Waals surface area contributed by atoms with Gasteiger partial charge >= 0.3 is 0 Å². The van der Waals surface area contributed by atoms with Crippen molar-refractivity contribution in [3.63, 3.8) is 0 Å². The van der Waals surface area contributed by atoms with Crippen LogP contribution in [-0.4, -0.2) is 11.6 Å². The van der Waals surface area contributed by atoms with Crippen LogP contribution in [0, 0.1) is 0 Å². The molecule has 6 aromatic carbocycles. The molecule has 0 unspecified atom stereocenters. The summed E-state index contributed by atoms with van der Waals surface area (Å²) in [5.74, 6) is 0. The molecule has 0 bridgehead atoms. The summed E-state index contributed by atoms with van der Waals surface area (Å²) in [6, 6.07) is 50.8. The molecule has 2 heteroatoms. The van der Waals surface area contributed by atoms with Crippen LogP contribution in [-0.2, 0) is 5.41 Å². The fraction of sp³-hybridized carbons (Fsp3) is 0.100. The molecule has 0 saturated heterocycles. The van der Waals surface area contributed by atoms with E-state index in [9.17, 15) is 0 Å². The van der Waals surface area contributed by atoms with Crippen molar-refractivity contribution in [1.82, 2.24) is 4.57 Å². The fourth-order valence-electron chi connectivity index (χ4n) is 7.03. The second kappa shape index (κ2) is 9.22. The second-order valence-corrected chi connectivity index (χ2v) is 11.9. The Kier molecular flexibility index (Phi) is 5.42. The molecule has 0 fully saturated rings. The van der Waals surface area contributed by atoms with Gasteiger partial charge in [0.25, 0.3) is 0 Å². The average molecular weight is 541 g/mol. The van der Waals surface area contributed by atoms with Crippen molar-refractivity contribution in [3.8, 4) is 27.9 Å². The number of hydrogen-bond acceptors (Lipinski definition) is 1. The summed E-state index contributed by atoms with van der Waals surface area (Å²) in [5.41, 5.74) is 13.8. The zero-order valence-electron chi connectivity index (χ0n) is 24.2. The van der Waals surface area contributed by atoms with Gasteiger partial charge in [-0.2, -0.15) is 0 Å². The summed E-state index contributed by atoms with van der Waals surface area (Å²) in [7, 11) is 2.18. The van der Waals surface area contributed by atoms with Crippen LogP contribution in [0.15, 0.2) is 140 Å². The van der Waals surface area contributed by atoms with Gasteiger partial charge < -0.3 is 9.47 Å². The minimum atomic E-state index is -0.130. The van der Waals surface area contributed by atoms with Crippen molar-refractivity contribution >= 4 is 33.2 Å². The first-order valence-corrected chi connectivity index (χ1v) is 14.7. The Morgan fingerprint density at radius 2 is 1.10 bits per heavy atom. The molecule has 1 aliphatic carbocycles. The highest BCUT2D eigenvalue weighted by molar-refractivity contribution is 6.09. The van der Waals surface area contributed by atoms with E-state index < -0.39 is 0 Å². The lowest BCUT2D eigenvalue weighted by atomic mass is 9.82. The van der Waals surface area contributed by atoms with E-state index in [0.717, 1.165) is 0 Å². The van der Waals surface area contributed by atoms with E-state index in [1.807, 2.05) is 0 Å². The molecule has 1 aliphatic rings. The first-order chi connectivity index (χ1) is 20.5. The number of para-hydroxylation sites is 3. The van der Waals surface area contributed by atoms with E-state index in [0.29, 0.717) is 0 Å². The molecular weight excluding hydrogens is 508 g/mol. The Morgan fingerprint density at radius 1 is 0.524 bits per heavy atom. The monoisotopic (exact) mass is 540 g/mol. The average Bonchev–Trinajstić information content (AvgIpc) is 3.49. The summed E-state index contributed by atoms with van der Waals surface area (Å²) in [6.45, 7) is 4.74. The summed E-state index contributed by atoms with van der Waals surface area (Å²) >= 11 is 0. The topological polar surface area (TPSA) is 8.17 Å². The summed E-state index contributed by atoms with van der Waals surface area (Å²) in [4.78, 5) is 2.32. The minimum Gasteiger partial charge on any atom is -0.344 e. The van der Waals surface area contributed by atoms with Gasteiger partial charge in [-0.3, -0.25) is 0 Å². The maximum atomic E-state index is 2.42. The maximum Gasteiger partial charge on any atom is 0.0541 e. The Morgan fingerprint density at radius 3 is 1.81 bits per heavy atom. The predicted molar refractivity (Wildman–Crippen MR) is 178 cm³/mol. The highest BCUT2D eigenvalue weighted by Gasteiger charge is 2.36. The van der Waals surface area contributed by atoms with Gasteiger partial charge in [-0.25, -0.2) is 0 Å². The molecule has 7 aromatic rings. The van der Waals surface area contributed by atoms with Gasteiger partial charge in [-0.05, 0) is 70.3 Å². The van der Waals surface area contributed by atoms with E-state index in [4.69, 9.17) is 0 Å². The van der Waals surface area contributed by atoms with Gasteiger partial charge in [-0.15, -0.1) is 0 Å². The molecule has 42 heavy (non-hydrogen) atoms. The Balaban J connectivity index is 1.23. The third-order valence-corrected chi connectivity index (χ3v) is 9.22. The van der Waals surface area contributed by atoms with Crippen molar-refractivity contribution < 1.29 is 0 Å². The Hall–Kier alpha value is -5.08. The SMILES string of the molecule is CN(c1ccc2c(c1)C(C)(C)c1cc(-n3c4ccccc4c4ccccc43)ccc1-2)c1ccccc1-c1ccccc1. The van der Waals surface area contributed by atoms with Gasteiger partial charge in [0, 0.05) is 45.9 Å². The second-order valence-electron chi connectivity index (χ2n) is 11.9. The molecule has 0 saturated carbocycles. The number of nitrogens with zero attached hydrogens (tertiary/aromatic N) is 2. The van der Waals surface area contributed by atoms with Crippen molar-refractivity contribution in [1.29, 1.82) is 0 Å². The molecule has 2 nitrogen and oxygen atoms in total. The van der Waals surface area contributed by atoms with Crippen molar-refractivity contribution in [2.75, 3.05) is 11.9 Å². The lowest BCUT2D eigenvalue weighted by Crippen LogP contribution is -2.17. The third-order valence-electron chi connectivity index (χ3n) is 9.22. The highest BCUT2D eigenvalue weighted by Crippen LogP contribution is 2.51. The fourth-order valence-corrected chi connectivity index (χ4v) is 7.03. The zero-order chi connectivity index (χ0) is 28.4. The van der Waals surface area contributed by atoms with Crippen molar-refractivity contribution in [3.05, 3.63) is 151 Å². The van der Waals surface area contributed by atoms with Crippen LogP contribution in [0.3, 0.4) is 0 Å². The lowest BCUT2D eigenvalue weighted by molar-refractivity contribution is 0.660. The smallest absolute Gasteiger partial charge is 0.0541 e. The largest absolute Gasteiger partial charge is 0.344 e. The lowest BCUT2D eigenvalue weighted by Gasteiger charge is -2.26. The number of aromatic nitrogens is 1. The van der Waals surface area contributed by atoms with Crippen LogP contribution in [0.4, 0.5) is 11.4 Å². The van der Waals surface area contributed by atoms with Crippen LogP contribution in [0.25, 0.3) is 49.7 Å². The molecule has 0 atom stereocenters. The number of hydrogen-bond donors (Lipinski definition) is 0. The molecule has 202 valence electrons. The molecular formula is C40H32N2. The normalized spacial score (nSPS) is 13.3. The molecule has 1 aromatic heterocycles. The number of benzene rings is 6. The predicted octanol–water partition coefficient (Wildman–Crippen LogP) is 10.5.